The minimum absolute atomic E-state index is 0.123. The van der Waals surface area contributed by atoms with Gasteiger partial charge >= 0.3 is 11.9 Å². The summed E-state index contributed by atoms with van der Waals surface area (Å²) in [7, 11) is 0. The Hall–Kier alpha value is -1.84. The number of aryl methyl sites for hydroxylation is 1. The molecule has 106 valence electrons. The van der Waals surface area contributed by atoms with Crippen LogP contribution < -0.4 is 4.74 Å². The fourth-order valence-electron chi connectivity index (χ4n) is 1.26. The molecule has 0 fully saturated rings. The molecular weight excluding hydrogens is 244 g/mol. The Labute approximate surface area is 114 Å². The lowest BCUT2D eigenvalue weighted by Crippen LogP contribution is -2.01. The lowest BCUT2D eigenvalue weighted by Gasteiger charge is -2.02. The van der Waals surface area contributed by atoms with Gasteiger partial charge in [0.1, 0.15) is 5.75 Å². The maximum atomic E-state index is 10.6. The smallest absolute Gasteiger partial charge is 0.308 e. The van der Waals surface area contributed by atoms with Gasteiger partial charge in [-0.25, -0.2) is 0 Å². The number of carbonyl (C=O) groups is 2. The Bertz CT molecular complexity index is 399. The van der Waals surface area contributed by atoms with Gasteiger partial charge in [0, 0.05) is 13.3 Å². The quantitative estimate of drug-likeness (QED) is 0.620. The highest BCUT2D eigenvalue weighted by Gasteiger charge is 1.97. The second-order valence-corrected chi connectivity index (χ2v) is 3.75. The van der Waals surface area contributed by atoms with Gasteiger partial charge in [0.25, 0.3) is 0 Å². The molecule has 0 bridgehead atoms. The van der Waals surface area contributed by atoms with E-state index < -0.39 is 0 Å². The average molecular weight is 266 g/mol. The summed E-state index contributed by atoms with van der Waals surface area (Å²) in [5, 5.41) is 0. The van der Waals surface area contributed by atoms with Crippen molar-refractivity contribution in [2.45, 2.75) is 40.5 Å². The summed E-state index contributed by atoms with van der Waals surface area (Å²) < 4.78 is 9.47. The van der Waals surface area contributed by atoms with Crippen molar-refractivity contribution in [1.82, 2.24) is 0 Å². The van der Waals surface area contributed by atoms with Crippen LogP contribution >= 0.6 is 0 Å². The highest BCUT2D eigenvalue weighted by molar-refractivity contribution is 5.69. The van der Waals surface area contributed by atoms with Crippen molar-refractivity contribution in [3.05, 3.63) is 29.8 Å². The molecule has 0 amide bonds. The topological polar surface area (TPSA) is 52.6 Å². The van der Waals surface area contributed by atoms with Gasteiger partial charge in [0.05, 0.1) is 6.61 Å². The van der Waals surface area contributed by atoms with E-state index >= 15 is 0 Å². The molecule has 0 aliphatic heterocycles. The highest BCUT2D eigenvalue weighted by atomic mass is 16.5. The number of hydrogen-bond acceptors (Lipinski definition) is 4. The number of benzene rings is 1. The average Bonchev–Trinajstić information content (AvgIpc) is 2.39. The lowest BCUT2D eigenvalue weighted by atomic mass is 10.2. The standard InChI is InChI=1S/C10H12O2.C5H10O2/c1-3-9-5-4-6-10(7-9)12-8(2)11;1-3-5(6)7-4-2/h4-7H,3H2,1-2H3;3-4H2,1-2H3. The van der Waals surface area contributed by atoms with Gasteiger partial charge in [0.2, 0.25) is 0 Å². The summed E-state index contributed by atoms with van der Waals surface area (Å²) in [6.45, 7) is 7.53. The van der Waals surface area contributed by atoms with Crippen LogP contribution in [0.1, 0.15) is 39.7 Å². The molecule has 0 unspecified atom stereocenters. The fourth-order valence-corrected chi connectivity index (χ4v) is 1.26. The van der Waals surface area contributed by atoms with E-state index in [9.17, 15) is 9.59 Å². The maximum Gasteiger partial charge on any atom is 0.308 e. The van der Waals surface area contributed by atoms with Crippen LogP contribution in [-0.4, -0.2) is 18.5 Å². The van der Waals surface area contributed by atoms with Crippen LogP contribution in [-0.2, 0) is 20.7 Å². The van der Waals surface area contributed by atoms with Crippen LogP contribution in [0.4, 0.5) is 0 Å². The lowest BCUT2D eigenvalue weighted by molar-refractivity contribution is -0.142. The summed E-state index contributed by atoms with van der Waals surface area (Å²) in [5.74, 6) is 0.229. The van der Waals surface area contributed by atoms with Crippen LogP contribution in [0.15, 0.2) is 24.3 Å². The minimum Gasteiger partial charge on any atom is -0.466 e. The molecule has 4 nitrogen and oxygen atoms in total. The highest BCUT2D eigenvalue weighted by Crippen LogP contribution is 2.13. The number of esters is 2. The molecule has 0 aromatic heterocycles. The monoisotopic (exact) mass is 266 g/mol. The molecule has 0 aliphatic rings. The van der Waals surface area contributed by atoms with Crippen molar-refractivity contribution in [3.8, 4) is 5.75 Å². The summed E-state index contributed by atoms with van der Waals surface area (Å²) in [5.41, 5.74) is 1.17. The predicted molar refractivity (Wildman–Crippen MR) is 74.1 cm³/mol. The van der Waals surface area contributed by atoms with Crippen molar-refractivity contribution in [2.24, 2.45) is 0 Å². The third kappa shape index (κ3) is 8.83. The molecule has 0 radical (unpaired) electrons. The second-order valence-electron chi connectivity index (χ2n) is 3.75. The summed E-state index contributed by atoms with van der Waals surface area (Å²) in [6.07, 6.45) is 1.43. The largest absolute Gasteiger partial charge is 0.466 e. The van der Waals surface area contributed by atoms with Crippen molar-refractivity contribution in [1.29, 1.82) is 0 Å². The number of rotatable bonds is 4. The zero-order chi connectivity index (χ0) is 14.7. The van der Waals surface area contributed by atoms with E-state index in [1.165, 1.54) is 12.5 Å². The third-order valence-corrected chi connectivity index (χ3v) is 2.16. The van der Waals surface area contributed by atoms with Crippen molar-refractivity contribution in [3.63, 3.8) is 0 Å². The van der Waals surface area contributed by atoms with Gasteiger partial charge < -0.3 is 9.47 Å². The molecule has 1 aromatic rings. The molecule has 1 rings (SSSR count). The van der Waals surface area contributed by atoms with E-state index in [1.807, 2.05) is 18.2 Å². The molecule has 0 aliphatic carbocycles. The zero-order valence-corrected chi connectivity index (χ0v) is 12.1. The first-order valence-corrected chi connectivity index (χ1v) is 6.46. The van der Waals surface area contributed by atoms with E-state index in [0.29, 0.717) is 18.8 Å². The Morgan fingerprint density at radius 2 is 1.84 bits per heavy atom. The summed E-state index contributed by atoms with van der Waals surface area (Å²) in [4.78, 5) is 20.8. The van der Waals surface area contributed by atoms with Crippen LogP contribution in [0.2, 0.25) is 0 Å². The van der Waals surface area contributed by atoms with E-state index in [-0.39, 0.29) is 11.9 Å². The summed E-state index contributed by atoms with van der Waals surface area (Å²) >= 11 is 0. The molecule has 0 saturated carbocycles. The zero-order valence-electron chi connectivity index (χ0n) is 12.1. The molecule has 1 aromatic carbocycles. The van der Waals surface area contributed by atoms with Gasteiger partial charge in [-0.2, -0.15) is 0 Å². The molecular formula is C15H22O4. The molecule has 0 heterocycles. The van der Waals surface area contributed by atoms with Gasteiger partial charge in [-0.05, 0) is 31.0 Å². The number of hydrogen-bond donors (Lipinski definition) is 0. The third-order valence-electron chi connectivity index (χ3n) is 2.16. The fraction of sp³-hybridized carbons (Fsp3) is 0.467. The van der Waals surface area contributed by atoms with Gasteiger partial charge in [-0.1, -0.05) is 26.0 Å². The van der Waals surface area contributed by atoms with E-state index in [4.69, 9.17) is 4.74 Å². The van der Waals surface area contributed by atoms with Crippen molar-refractivity contribution in [2.75, 3.05) is 6.61 Å². The SMILES string of the molecule is CCOC(=O)CC.CCc1cccc(OC(C)=O)c1. The molecule has 19 heavy (non-hydrogen) atoms. The van der Waals surface area contributed by atoms with E-state index in [0.717, 1.165) is 6.42 Å². The van der Waals surface area contributed by atoms with Crippen molar-refractivity contribution < 1.29 is 19.1 Å². The van der Waals surface area contributed by atoms with Gasteiger partial charge in [-0.15, -0.1) is 0 Å². The molecule has 4 heteroatoms. The van der Waals surface area contributed by atoms with Crippen LogP contribution in [0.3, 0.4) is 0 Å². The van der Waals surface area contributed by atoms with Crippen molar-refractivity contribution >= 4 is 11.9 Å². The predicted octanol–water partition coefficient (Wildman–Crippen LogP) is 3.13. The minimum atomic E-state index is -0.275. The molecule has 0 N–H and O–H groups in total. The van der Waals surface area contributed by atoms with E-state index in [2.05, 4.69) is 11.7 Å². The Morgan fingerprint density at radius 3 is 2.26 bits per heavy atom. The molecule has 0 atom stereocenters. The molecule has 0 spiro atoms. The number of carbonyl (C=O) groups excluding carboxylic acids is 2. The first-order valence-electron chi connectivity index (χ1n) is 6.46. The molecule has 0 saturated heterocycles. The van der Waals surface area contributed by atoms with Crippen LogP contribution in [0.25, 0.3) is 0 Å². The Balaban J connectivity index is 0.000000399. The van der Waals surface area contributed by atoms with Crippen LogP contribution in [0, 0.1) is 0 Å². The van der Waals surface area contributed by atoms with Crippen LogP contribution in [0.5, 0.6) is 5.75 Å². The summed E-state index contributed by atoms with van der Waals surface area (Å²) in [6, 6.07) is 7.55. The normalized spacial score (nSPS) is 9.05. The Kier molecular flexibility index (Phi) is 9.14. The van der Waals surface area contributed by atoms with E-state index in [1.54, 1.807) is 19.9 Å². The first kappa shape index (κ1) is 17.2. The Morgan fingerprint density at radius 1 is 1.16 bits per heavy atom. The maximum absolute atomic E-state index is 10.6. The first-order chi connectivity index (χ1) is 9.03. The number of ether oxygens (including phenoxy) is 2. The van der Waals surface area contributed by atoms with Gasteiger partial charge in [-0.3, -0.25) is 9.59 Å². The second kappa shape index (κ2) is 10.1. The van der Waals surface area contributed by atoms with Gasteiger partial charge in [0.15, 0.2) is 0 Å².